The summed E-state index contributed by atoms with van der Waals surface area (Å²) in [5.74, 6) is 2.47. The molecular formula is C27H38ClN5O3. The van der Waals surface area contributed by atoms with E-state index in [1.165, 1.54) is 0 Å². The first-order valence-electron chi connectivity index (χ1n) is 12.8. The Hall–Kier alpha value is -2.39. The second-order valence-electron chi connectivity index (χ2n) is 9.55. The van der Waals surface area contributed by atoms with Gasteiger partial charge in [0, 0.05) is 43.5 Å². The van der Waals surface area contributed by atoms with Crippen LogP contribution in [0.2, 0.25) is 5.02 Å². The third kappa shape index (κ3) is 7.56. The van der Waals surface area contributed by atoms with Gasteiger partial charge < -0.3 is 30.2 Å². The minimum absolute atomic E-state index is 0.0204. The van der Waals surface area contributed by atoms with Crippen LogP contribution in [0.5, 0.6) is 0 Å². The molecule has 4 rings (SSSR count). The van der Waals surface area contributed by atoms with E-state index in [4.69, 9.17) is 30.8 Å². The molecule has 3 N–H and O–H groups in total. The van der Waals surface area contributed by atoms with E-state index in [0.29, 0.717) is 42.9 Å². The second-order valence-corrected chi connectivity index (χ2v) is 9.96. The number of pyridine rings is 2. The van der Waals surface area contributed by atoms with E-state index in [2.05, 4.69) is 27.9 Å². The van der Waals surface area contributed by atoms with Crippen molar-refractivity contribution >= 4 is 23.2 Å². The van der Waals surface area contributed by atoms with Crippen molar-refractivity contribution < 1.29 is 14.2 Å². The summed E-state index contributed by atoms with van der Waals surface area (Å²) in [5, 5.41) is 11.2. The topological polar surface area (TPSA) is 89.6 Å². The Morgan fingerprint density at radius 1 is 1.19 bits per heavy atom. The molecule has 0 bridgehead atoms. The Kier molecular flexibility index (Phi) is 9.81. The van der Waals surface area contributed by atoms with Crippen LogP contribution in [0.1, 0.15) is 39.5 Å². The van der Waals surface area contributed by atoms with Crippen molar-refractivity contribution in [1.29, 1.82) is 0 Å². The fraction of sp³-hybridized carbons (Fsp3) is 0.556. The van der Waals surface area contributed by atoms with Crippen LogP contribution < -0.4 is 16.0 Å². The number of ether oxygens (including phenoxy) is 3. The monoisotopic (exact) mass is 515 g/mol. The number of rotatable bonds is 10. The predicted molar refractivity (Wildman–Crippen MR) is 145 cm³/mol. The van der Waals surface area contributed by atoms with Crippen molar-refractivity contribution in [3.63, 3.8) is 0 Å². The fourth-order valence-corrected chi connectivity index (χ4v) is 4.90. The molecule has 2 fully saturated rings. The summed E-state index contributed by atoms with van der Waals surface area (Å²) in [4.78, 5) is 9.31. The Morgan fingerprint density at radius 2 is 2.00 bits per heavy atom. The average molecular weight is 516 g/mol. The minimum Gasteiger partial charge on any atom is -0.493 e. The first-order chi connectivity index (χ1) is 17.5. The standard InChI is InChI=1S/C27H38ClN5O3/c1-4-21-16-36-22(17-35-21)13-29-26-7-5-6-25(33-26)23-12-27(30-14-24(23)28)32-20-10-8-19(9-11-20)31-18(2)15-34-3/h4-7,12,14,18-20,22,31H,8-11,13,15-17H2,1-3H3,(H,29,33)(H,30,32)/b21-4-/t18-,19?,20?,22?/m1/s1. The maximum atomic E-state index is 6.53. The number of allylic oxidation sites excluding steroid dienone is 1. The molecule has 2 aromatic rings. The summed E-state index contributed by atoms with van der Waals surface area (Å²) < 4.78 is 16.8. The van der Waals surface area contributed by atoms with Gasteiger partial charge in [0.1, 0.15) is 36.7 Å². The van der Waals surface area contributed by atoms with Gasteiger partial charge >= 0.3 is 0 Å². The highest BCUT2D eigenvalue weighted by Gasteiger charge is 2.23. The number of nitrogens with zero attached hydrogens (tertiary/aromatic N) is 2. The minimum atomic E-state index is -0.0204. The molecule has 9 heteroatoms. The Morgan fingerprint density at radius 3 is 2.72 bits per heavy atom. The fourth-order valence-electron chi connectivity index (χ4n) is 4.70. The molecular weight excluding hydrogens is 478 g/mol. The lowest BCUT2D eigenvalue weighted by atomic mass is 9.90. The third-order valence-electron chi connectivity index (χ3n) is 6.65. The lowest BCUT2D eigenvalue weighted by Gasteiger charge is -2.31. The largest absolute Gasteiger partial charge is 0.493 e. The smallest absolute Gasteiger partial charge is 0.126 e. The molecule has 2 aromatic heterocycles. The van der Waals surface area contributed by atoms with Gasteiger partial charge in [0.15, 0.2) is 0 Å². The average Bonchev–Trinajstić information content (AvgIpc) is 2.90. The van der Waals surface area contributed by atoms with Gasteiger partial charge in [-0.25, -0.2) is 9.97 Å². The molecule has 196 valence electrons. The number of hydrogen-bond donors (Lipinski definition) is 3. The highest BCUT2D eigenvalue weighted by molar-refractivity contribution is 6.33. The van der Waals surface area contributed by atoms with Crippen LogP contribution in [0.3, 0.4) is 0 Å². The molecule has 1 unspecified atom stereocenters. The van der Waals surface area contributed by atoms with Crippen molar-refractivity contribution in [3.05, 3.63) is 47.3 Å². The van der Waals surface area contributed by atoms with Crippen LogP contribution in [0.15, 0.2) is 42.3 Å². The molecule has 3 heterocycles. The summed E-state index contributed by atoms with van der Waals surface area (Å²) in [5.41, 5.74) is 1.66. The molecule has 2 aliphatic rings. The Balaban J connectivity index is 1.33. The third-order valence-corrected chi connectivity index (χ3v) is 6.95. The molecule has 0 amide bonds. The SMILES string of the molecule is C/C=C1/COC(CNc2cccc(-c3cc(NC4CCC(N[C@H](C)COC)CC4)ncc3Cl)n2)CO1. The maximum Gasteiger partial charge on any atom is 0.126 e. The highest BCUT2D eigenvalue weighted by atomic mass is 35.5. The van der Waals surface area contributed by atoms with Crippen LogP contribution in [-0.4, -0.2) is 67.7 Å². The maximum absolute atomic E-state index is 6.53. The van der Waals surface area contributed by atoms with Gasteiger partial charge in [-0.1, -0.05) is 17.7 Å². The lowest BCUT2D eigenvalue weighted by molar-refractivity contribution is -0.0430. The van der Waals surface area contributed by atoms with Crippen molar-refractivity contribution in [3.8, 4) is 11.3 Å². The van der Waals surface area contributed by atoms with E-state index >= 15 is 0 Å². The van der Waals surface area contributed by atoms with E-state index in [1.54, 1.807) is 13.3 Å². The Labute approximate surface area is 219 Å². The molecule has 1 aliphatic carbocycles. The Bertz CT molecular complexity index is 1000. The summed E-state index contributed by atoms with van der Waals surface area (Å²) >= 11 is 6.53. The zero-order chi connectivity index (χ0) is 25.3. The van der Waals surface area contributed by atoms with Gasteiger partial charge in [-0.3, -0.25) is 0 Å². The number of methoxy groups -OCH3 is 1. The zero-order valence-electron chi connectivity index (χ0n) is 21.4. The van der Waals surface area contributed by atoms with Gasteiger partial charge in [-0.2, -0.15) is 0 Å². The molecule has 2 atom stereocenters. The van der Waals surface area contributed by atoms with Crippen molar-refractivity contribution in [2.45, 2.75) is 63.8 Å². The number of hydrogen-bond acceptors (Lipinski definition) is 8. The second kappa shape index (κ2) is 13.2. The summed E-state index contributed by atoms with van der Waals surface area (Å²) in [6.07, 6.45) is 8.07. The van der Waals surface area contributed by atoms with Crippen molar-refractivity contribution in [1.82, 2.24) is 15.3 Å². The lowest BCUT2D eigenvalue weighted by Crippen LogP contribution is -2.42. The molecule has 0 radical (unpaired) electrons. The van der Waals surface area contributed by atoms with Crippen molar-refractivity contribution in [2.75, 3.05) is 44.1 Å². The first-order valence-corrected chi connectivity index (χ1v) is 13.2. The van der Waals surface area contributed by atoms with Crippen molar-refractivity contribution in [2.24, 2.45) is 0 Å². The molecule has 1 aliphatic heterocycles. The first kappa shape index (κ1) is 26.7. The van der Waals surface area contributed by atoms with Gasteiger partial charge in [-0.05, 0) is 63.8 Å². The van der Waals surface area contributed by atoms with Gasteiger partial charge in [0.2, 0.25) is 0 Å². The van der Waals surface area contributed by atoms with Gasteiger partial charge in [0.25, 0.3) is 0 Å². The highest BCUT2D eigenvalue weighted by Crippen LogP contribution is 2.30. The zero-order valence-corrected chi connectivity index (χ0v) is 22.2. The quantitative estimate of drug-likeness (QED) is 0.412. The molecule has 0 aromatic carbocycles. The van der Waals surface area contributed by atoms with Crippen LogP contribution >= 0.6 is 11.6 Å². The van der Waals surface area contributed by atoms with E-state index in [-0.39, 0.29) is 6.10 Å². The molecule has 8 nitrogen and oxygen atoms in total. The number of aromatic nitrogens is 2. The number of anilines is 2. The molecule has 36 heavy (non-hydrogen) atoms. The van der Waals surface area contributed by atoms with Gasteiger partial charge in [0.05, 0.1) is 17.3 Å². The van der Waals surface area contributed by atoms with Crippen LogP contribution in [-0.2, 0) is 14.2 Å². The predicted octanol–water partition coefficient (Wildman–Crippen LogP) is 4.88. The van der Waals surface area contributed by atoms with E-state index in [1.807, 2.05) is 37.3 Å². The summed E-state index contributed by atoms with van der Waals surface area (Å²) in [6, 6.07) is 9.18. The molecule has 0 spiro atoms. The van der Waals surface area contributed by atoms with E-state index < -0.39 is 0 Å². The summed E-state index contributed by atoms with van der Waals surface area (Å²) in [6.45, 7) is 6.51. The van der Waals surface area contributed by atoms with Gasteiger partial charge in [-0.15, -0.1) is 0 Å². The summed E-state index contributed by atoms with van der Waals surface area (Å²) in [7, 11) is 1.75. The van der Waals surface area contributed by atoms with Crippen LogP contribution in [0, 0.1) is 0 Å². The van der Waals surface area contributed by atoms with E-state index in [9.17, 15) is 0 Å². The number of nitrogens with one attached hydrogen (secondary N) is 3. The molecule has 1 saturated carbocycles. The molecule has 1 saturated heterocycles. The normalized spacial score (nSPS) is 24.2. The van der Waals surface area contributed by atoms with Crippen LogP contribution in [0.4, 0.5) is 11.6 Å². The van der Waals surface area contributed by atoms with Crippen LogP contribution in [0.25, 0.3) is 11.3 Å². The van der Waals surface area contributed by atoms with E-state index in [0.717, 1.165) is 60.9 Å². The number of halogens is 1.